The molecule has 0 aliphatic carbocycles. The molecule has 0 spiro atoms. The van der Waals surface area contributed by atoms with Crippen molar-refractivity contribution >= 4 is 11.9 Å². The summed E-state index contributed by atoms with van der Waals surface area (Å²) < 4.78 is 0. The maximum Gasteiger partial charge on any atom is 0.321 e. The average Bonchev–Trinajstić information content (AvgIpc) is 2.91. The summed E-state index contributed by atoms with van der Waals surface area (Å²) >= 11 is 0. The molecule has 39 heavy (non-hydrogen) atoms. The Hall–Kier alpha value is -1.06. The predicted octanol–water partition coefficient (Wildman–Crippen LogP) is 11.9. The van der Waals surface area contributed by atoms with Crippen LogP contribution in [0.25, 0.3) is 0 Å². The first-order valence-electron chi connectivity index (χ1n) is 17.5. The molecule has 0 heterocycles. The highest BCUT2D eigenvalue weighted by molar-refractivity contribution is 5.98. The minimum Gasteiger partial charge on any atom is -0.480 e. The second kappa shape index (κ2) is 28.5. The molecule has 0 aliphatic heterocycles. The smallest absolute Gasteiger partial charge is 0.321 e. The lowest BCUT2D eigenvalue weighted by Crippen LogP contribution is -2.39. The number of unbranched alkanes of at least 4 members (excludes halogenated alkanes) is 26. The van der Waals surface area contributed by atoms with Gasteiger partial charge >= 0.3 is 11.9 Å². The second-order valence-corrected chi connectivity index (χ2v) is 12.4. The van der Waals surface area contributed by atoms with Crippen molar-refractivity contribution in [2.45, 2.75) is 206 Å². The molecule has 0 saturated carbocycles. The van der Waals surface area contributed by atoms with Gasteiger partial charge in [-0.3, -0.25) is 9.59 Å². The molecule has 0 aliphatic rings. The molecule has 0 atom stereocenters. The lowest BCUT2D eigenvalue weighted by atomic mass is 9.78. The summed E-state index contributed by atoms with van der Waals surface area (Å²) in [5.74, 6) is -2.28. The van der Waals surface area contributed by atoms with Crippen LogP contribution in [0.2, 0.25) is 0 Å². The summed E-state index contributed by atoms with van der Waals surface area (Å²) in [4.78, 5) is 24.0. The van der Waals surface area contributed by atoms with Crippen molar-refractivity contribution in [3.8, 4) is 0 Å². The van der Waals surface area contributed by atoms with Gasteiger partial charge in [-0.25, -0.2) is 0 Å². The van der Waals surface area contributed by atoms with Crippen molar-refractivity contribution in [2.75, 3.05) is 0 Å². The zero-order valence-corrected chi connectivity index (χ0v) is 26.4. The summed E-state index contributed by atoms with van der Waals surface area (Å²) in [6.07, 6.45) is 35.3. The number of carboxylic acid groups (broad SMARTS) is 2. The third-order valence-electron chi connectivity index (χ3n) is 8.73. The summed E-state index contributed by atoms with van der Waals surface area (Å²) in [6, 6.07) is 0. The fourth-order valence-corrected chi connectivity index (χ4v) is 5.89. The highest BCUT2D eigenvalue weighted by Crippen LogP contribution is 2.33. The molecular weight excluding hydrogens is 484 g/mol. The van der Waals surface area contributed by atoms with E-state index in [4.69, 9.17) is 0 Å². The SMILES string of the molecule is CCCCCCCCCCCCCCCCC(CCCCCCCCCCCCCCCC)(C(=O)O)C(=O)O. The molecule has 0 fully saturated rings. The standard InChI is InChI=1S/C35H68O4/c1-3-5-7-9-11-13-15-17-19-21-23-25-27-29-31-35(33(36)37,34(38)39)32-30-28-26-24-22-20-18-16-14-12-10-8-6-4-2/h3-32H2,1-2H3,(H,36,37)(H,38,39). The number of carbonyl (C=O) groups is 2. The van der Waals surface area contributed by atoms with Crippen LogP contribution in [0, 0.1) is 5.41 Å². The quantitative estimate of drug-likeness (QED) is 0.0642. The summed E-state index contributed by atoms with van der Waals surface area (Å²) in [5, 5.41) is 19.6. The fourth-order valence-electron chi connectivity index (χ4n) is 5.89. The lowest BCUT2D eigenvalue weighted by Gasteiger charge is -2.25. The Kier molecular flexibility index (Phi) is 27.7. The normalized spacial score (nSPS) is 11.7. The Morgan fingerprint density at radius 1 is 0.359 bits per heavy atom. The van der Waals surface area contributed by atoms with Crippen molar-refractivity contribution in [1.82, 2.24) is 0 Å². The molecule has 0 rings (SSSR count). The maximum atomic E-state index is 12.0. The van der Waals surface area contributed by atoms with E-state index in [1.807, 2.05) is 0 Å². The van der Waals surface area contributed by atoms with Gasteiger partial charge in [0.2, 0.25) is 0 Å². The summed E-state index contributed by atoms with van der Waals surface area (Å²) in [5.41, 5.74) is -1.59. The van der Waals surface area contributed by atoms with Crippen LogP contribution in [0.5, 0.6) is 0 Å². The minimum absolute atomic E-state index is 0.272. The van der Waals surface area contributed by atoms with Crippen LogP contribution in [0.15, 0.2) is 0 Å². The first kappa shape index (κ1) is 37.9. The van der Waals surface area contributed by atoms with E-state index in [2.05, 4.69) is 13.8 Å². The molecule has 232 valence electrons. The minimum atomic E-state index is -1.59. The first-order valence-corrected chi connectivity index (χ1v) is 17.5. The zero-order valence-electron chi connectivity index (χ0n) is 26.4. The van der Waals surface area contributed by atoms with Gasteiger partial charge in [0, 0.05) is 0 Å². The molecule has 0 amide bonds. The number of rotatable bonds is 32. The van der Waals surface area contributed by atoms with E-state index in [9.17, 15) is 19.8 Å². The largest absolute Gasteiger partial charge is 0.480 e. The number of aliphatic carboxylic acids is 2. The Morgan fingerprint density at radius 3 is 0.718 bits per heavy atom. The monoisotopic (exact) mass is 553 g/mol. The summed E-state index contributed by atoms with van der Waals surface area (Å²) in [7, 11) is 0. The van der Waals surface area contributed by atoms with Crippen molar-refractivity contribution in [1.29, 1.82) is 0 Å². The molecule has 2 N–H and O–H groups in total. The highest BCUT2D eigenvalue weighted by Gasteiger charge is 2.45. The van der Waals surface area contributed by atoms with Gasteiger partial charge in [-0.15, -0.1) is 0 Å². The Labute approximate surface area is 243 Å². The van der Waals surface area contributed by atoms with Crippen molar-refractivity contribution in [3.05, 3.63) is 0 Å². The van der Waals surface area contributed by atoms with Gasteiger partial charge in [0.15, 0.2) is 5.41 Å². The van der Waals surface area contributed by atoms with Crippen LogP contribution in [0.1, 0.15) is 206 Å². The first-order chi connectivity index (χ1) is 19.0. The molecule has 4 nitrogen and oxygen atoms in total. The van der Waals surface area contributed by atoms with Gasteiger partial charge in [-0.2, -0.15) is 0 Å². The Bertz CT molecular complexity index is 497. The van der Waals surface area contributed by atoms with Crippen LogP contribution in [0.4, 0.5) is 0 Å². The van der Waals surface area contributed by atoms with Gasteiger partial charge < -0.3 is 10.2 Å². The molecule has 0 aromatic heterocycles. The fraction of sp³-hybridized carbons (Fsp3) is 0.943. The average molecular weight is 553 g/mol. The van der Waals surface area contributed by atoms with E-state index in [-0.39, 0.29) is 12.8 Å². The Balaban J connectivity index is 3.83. The third-order valence-corrected chi connectivity index (χ3v) is 8.73. The van der Waals surface area contributed by atoms with E-state index in [0.29, 0.717) is 12.8 Å². The van der Waals surface area contributed by atoms with Crippen molar-refractivity contribution < 1.29 is 19.8 Å². The Morgan fingerprint density at radius 2 is 0.538 bits per heavy atom. The summed E-state index contributed by atoms with van der Waals surface area (Å²) in [6.45, 7) is 4.52. The van der Waals surface area contributed by atoms with Crippen LogP contribution in [0.3, 0.4) is 0 Å². The van der Waals surface area contributed by atoms with Crippen LogP contribution in [-0.2, 0) is 9.59 Å². The zero-order chi connectivity index (χ0) is 28.9. The van der Waals surface area contributed by atoms with Gasteiger partial charge in [-0.1, -0.05) is 194 Å². The topological polar surface area (TPSA) is 74.6 Å². The van der Waals surface area contributed by atoms with E-state index < -0.39 is 17.4 Å². The number of hydrogen-bond donors (Lipinski definition) is 2. The number of hydrogen-bond acceptors (Lipinski definition) is 2. The number of carboxylic acids is 2. The molecule has 0 radical (unpaired) electrons. The van der Waals surface area contributed by atoms with Crippen LogP contribution < -0.4 is 0 Å². The van der Waals surface area contributed by atoms with Crippen LogP contribution >= 0.6 is 0 Å². The van der Waals surface area contributed by atoms with Crippen molar-refractivity contribution in [2.24, 2.45) is 5.41 Å². The molecule has 0 aromatic carbocycles. The van der Waals surface area contributed by atoms with E-state index in [0.717, 1.165) is 25.7 Å². The lowest BCUT2D eigenvalue weighted by molar-refractivity contribution is -0.166. The van der Waals surface area contributed by atoms with Gasteiger partial charge in [0.1, 0.15) is 0 Å². The van der Waals surface area contributed by atoms with E-state index >= 15 is 0 Å². The van der Waals surface area contributed by atoms with Crippen LogP contribution in [-0.4, -0.2) is 22.2 Å². The van der Waals surface area contributed by atoms with Crippen molar-refractivity contribution in [3.63, 3.8) is 0 Å². The third kappa shape index (κ3) is 22.3. The maximum absolute atomic E-state index is 12.0. The highest BCUT2D eigenvalue weighted by atomic mass is 16.4. The predicted molar refractivity (Wildman–Crippen MR) is 168 cm³/mol. The van der Waals surface area contributed by atoms with Gasteiger partial charge in [0.05, 0.1) is 0 Å². The second-order valence-electron chi connectivity index (χ2n) is 12.4. The van der Waals surface area contributed by atoms with E-state index in [1.54, 1.807) is 0 Å². The van der Waals surface area contributed by atoms with Gasteiger partial charge in [0.25, 0.3) is 0 Å². The van der Waals surface area contributed by atoms with E-state index in [1.165, 1.54) is 141 Å². The molecule has 0 unspecified atom stereocenters. The van der Waals surface area contributed by atoms with Gasteiger partial charge in [-0.05, 0) is 12.8 Å². The molecule has 0 bridgehead atoms. The molecule has 0 aromatic rings. The molecule has 4 heteroatoms. The molecular formula is C35H68O4. The molecule has 0 saturated heterocycles.